The van der Waals surface area contributed by atoms with Gasteiger partial charge in [-0.2, -0.15) is 0 Å². The Morgan fingerprint density at radius 1 is 1.71 bits per heavy atom. The predicted octanol–water partition coefficient (Wildman–Crippen LogP) is 1.50. The van der Waals surface area contributed by atoms with Crippen LogP contribution in [0.1, 0.15) is 23.3 Å². The fraction of sp³-hybridized carbons (Fsp3) is 0.500. The third-order valence-corrected chi connectivity index (χ3v) is 4.09. The Kier molecular flexibility index (Phi) is 2.12. The SMILES string of the molecule is Cc1csc(C2(C(=O)O)CC(N)C2)c1. The van der Waals surface area contributed by atoms with E-state index in [0.29, 0.717) is 12.8 Å². The molecule has 4 heteroatoms. The summed E-state index contributed by atoms with van der Waals surface area (Å²) in [7, 11) is 0. The van der Waals surface area contributed by atoms with Crippen molar-refractivity contribution >= 4 is 17.3 Å². The molecule has 0 bridgehead atoms. The molecule has 0 atom stereocenters. The van der Waals surface area contributed by atoms with Crippen molar-refractivity contribution in [3.63, 3.8) is 0 Å². The van der Waals surface area contributed by atoms with Gasteiger partial charge in [0.05, 0.1) is 0 Å². The molecule has 1 fully saturated rings. The molecule has 1 aliphatic rings. The number of rotatable bonds is 2. The molecule has 0 saturated heterocycles. The Morgan fingerprint density at radius 2 is 2.36 bits per heavy atom. The van der Waals surface area contributed by atoms with Crippen molar-refractivity contribution in [2.75, 3.05) is 0 Å². The van der Waals surface area contributed by atoms with Crippen molar-refractivity contribution in [3.8, 4) is 0 Å². The van der Waals surface area contributed by atoms with Crippen LogP contribution in [0.3, 0.4) is 0 Å². The Morgan fingerprint density at radius 3 is 2.71 bits per heavy atom. The van der Waals surface area contributed by atoms with E-state index < -0.39 is 11.4 Å². The van der Waals surface area contributed by atoms with E-state index in [1.165, 1.54) is 11.3 Å². The van der Waals surface area contributed by atoms with Crippen LogP contribution in [-0.4, -0.2) is 17.1 Å². The van der Waals surface area contributed by atoms with Gasteiger partial charge in [-0.25, -0.2) is 0 Å². The third kappa shape index (κ3) is 1.26. The van der Waals surface area contributed by atoms with Crippen molar-refractivity contribution in [1.82, 2.24) is 0 Å². The van der Waals surface area contributed by atoms with Crippen molar-refractivity contribution in [2.45, 2.75) is 31.2 Å². The largest absolute Gasteiger partial charge is 0.481 e. The Labute approximate surface area is 86.6 Å². The second-order valence-corrected chi connectivity index (χ2v) is 4.96. The lowest BCUT2D eigenvalue weighted by Gasteiger charge is -2.41. The minimum absolute atomic E-state index is 0.0495. The highest BCUT2D eigenvalue weighted by atomic mass is 32.1. The van der Waals surface area contributed by atoms with Gasteiger partial charge >= 0.3 is 5.97 Å². The smallest absolute Gasteiger partial charge is 0.315 e. The number of hydrogen-bond donors (Lipinski definition) is 2. The average Bonchev–Trinajstić information content (AvgIpc) is 2.45. The van der Waals surface area contributed by atoms with Gasteiger partial charge in [-0.05, 0) is 36.8 Å². The zero-order valence-electron chi connectivity index (χ0n) is 7.99. The summed E-state index contributed by atoms with van der Waals surface area (Å²) in [6.45, 7) is 1.98. The number of carboxylic acid groups (broad SMARTS) is 1. The van der Waals surface area contributed by atoms with Gasteiger partial charge in [-0.3, -0.25) is 4.79 Å². The molecule has 1 aromatic rings. The molecular formula is C10H13NO2S. The monoisotopic (exact) mass is 211 g/mol. The fourth-order valence-electron chi connectivity index (χ4n) is 2.00. The molecule has 1 saturated carbocycles. The lowest BCUT2D eigenvalue weighted by Crippen LogP contribution is -2.53. The fourth-order valence-corrected chi connectivity index (χ4v) is 3.11. The van der Waals surface area contributed by atoms with E-state index in [4.69, 9.17) is 5.73 Å². The van der Waals surface area contributed by atoms with Crippen LogP contribution in [0, 0.1) is 6.92 Å². The molecule has 0 spiro atoms. The van der Waals surface area contributed by atoms with Gasteiger partial charge in [0.15, 0.2) is 0 Å². The van der Waals surface area contributed by atoms with Gasteiger partial charge in [0.25, 0.3) is 0 Å². The summed E-state index contributed by atoms with van der Waals surface area (Å²) in [6.07, 6.45) is 1.14. The average molecular weight is 211 g/mol. The number of carbonyl (C=O) groups is 1. The van der Waals surface area contributed by atoms with Gasteiger partial charge in [0.1, 0.15) is 5.41 Å². The molecule has 0 amide bonds. The van der Waals surface area contributed by atoms with Crippen LogP contribution in [0.15, 0.2) is 11.4 Å². The first-order chi connectivity index (χ1) is 6.54. The zero-order valence-corrected chi connectivity index (χ0v) is 8.80. The number of hydrogen-bond acceptors (Lipinski definition) is 3. The number of thiophene rings is 1. The highest BCUT2D eigenvalue weighted by molar-refractivity contribution is 7.10. The molecule has 14 heavy (non-hydrogen) atoms. The standard InChI is InChI=1S/C10H13NO2S/c1-6-2-8(14-5-6)10(9(12)13)3-7(11)4-10/h2,5,7H,3-4,11H2,1H3,(H,12,13). The number of carboxylic acids is 1. The molecule has 1 aliphatic carbocycles. The predicted molar refractivity (Wildman–Crippen MR) is 55.6 cm³/mol. The van der Waals surface area contributed by atoms with E-state index in [1.54, 1.807) is 0 Å². The van der Waals surface area contributed by atoms with E-state index in [1.807, 2.05) is 18.4 Å². The first-order valence-electron chi connectivity index (χ1n) is 4.59. The van der Waals surface area contributed by atoms with Gasteiger partial charge in [-0.1, -0.05) is 0 Å². The van der Waals surface area contributed by atoms with E-state index in [-0.39, 0.29) is 6.04 Å². The van der Waals surface area contributed by atoms with Gasteiger partial charge < -0.3 is 10.8 Å². The summed E-state index contributed by atoms with van der Waals surface area (Å²) in [5, 5.41) is 11.2. The minimum atomic E-state index is -0.735. The molecule has 1 heterocycles. The summed E-state index contributed by atoms with van der Waals surface area (Å²) < 4.78 is 0. The molecular weight excluding hydrogens is 198 g/mol. The second-order valence-electron chi connectivity index (χ2n) is 4.04. The summed E-state index contributed by atoms with van der Waals surface area (Å²) in [5.74, 6) is -0.735. The van der Waals surface area contributed by atoms with Crippen molar-refractivity contribution < 1.29 is 9.90 Å². The van der Waals surface area contributed by atoms with Crippen molar-refractivity contribution in [2.24, 2.45) is 5.73 Å². The molecule has 3 nitrogen and oxygen atoms in total. The van der Waals surface area contributed by atoms with E-state index in [9.17, 15) is 9.90 Å². The van der Waals surface area contributed by atoms with Crippen LogP contribution < -0.4 is 5.73 Å². The van der Waals surface area contributed by atoms with Crippen LogP contribution >= 0.6 is 11.3 Å². The lowest BCUT2D eigenvalue weighted by molar-refractivity contribution is -0.148. The highest BCUT2D eigenvalue weighted by Crippen LogP contribution is 2.45. The summed E-state index contributed by atoms with van der Waals surface area (Å²) in [5.41, 5.74) is 6.13. The molecule has 76 valence electrons. The number of nitrogens with two attached hydrogens (primary N) is 1. The van der Waals surface area contributed by atoms with Crippen LogP contribution in [-0.2, 0) is 10.2 Å². The second kappa shape index (κ2) is 3.07. The number of aryl methyl sites for hydroxylation is 1. The van der Waals surface area contributed by atoms with Crippen LogP contribution in [0.2, 0.25) is 0 Å². The molecule has 1 aromatic heterocycles. The van der Waals surface area contributed by atoms with Crippen LogP contribution in [0.4, 0.5) is 0 Å². The molecule has 2 rings (SSSR count). The maximum Gasteiger partial charge on any atom is 0.315 e. The van der Waals surface area contributed by atoms with Crippen molar-refractivity contribution in [3.05, 3.63) is 21.9 Å². The number of aliphatic carboxylic acids is 1. The van der Waals surface area contributed by atoms with E-state index in [2.05, 4.69) is 0 Å². The molecule has 0 unspecified atom stereocenters. The van der Waals surface area contributed by atoms with Crippen LogP contribution in [0.25, 0.3) is 0 Å². The maximum absolute atomic E-state index is 11.2. The summed E-state index contributed by atoms with van der Waals surface area (Å²) >= 11 is 1.53. The summed E-state index contributed by atoms with van der Waals surface area (Å²) in [4.78, 5) is 12.2. The van der Waals surface area contributed by atoms with Gasteiger partial charge in [0, 0.05) is 10.9 Å². The first kappa shape index (κ1) is 9.68. The maximum atomic E-state index is 11.2. The Bertz CT molecular complexity index is 366. The Balaban J connectivity index is 2.34. The van der Waals surface area contributed by atoms with Gasteiger partial charge in [0.2, 0.25) is 0 Å². The molecule has 0 aromatic carbocycles. The normalized spacial score (nSPS) is 31.1. The Hall–Kier alpha value is -0.870. The first-order valence-corrected chi connectivity index (χ1v) is 5.47. The van der Waals surface area contributed by atoms with Crippen LogP contribution in [0.5, 0.6) is 0 Å². The van der Waals surface area contributed by atoms with E-state index in [0.717, 1.165) is 10.4 Å². The lowest BCUT2D eigenvalue weighted by atomic mass is 9.65. The van der Waals surface area contributed by atoms with E-state index >= 15 is 0 Å². The molecule has 0 aliphatic heterocycles. The molecule has 3 N–H and O–H groups in total. The zero-order chi connectivity index (χ0) is 10.3. The summed E-state index contributed by atoms with van der Waals surface area (Å²) in [6, 6.07) is 2.01. The minimum Gasteiger partial charge on any atom is -0.481 e. The molecule has 0 radical (unpaired) electrons. The topological polar surface area (TPSA) is 63.3 Å². The third-order valence-electron chi connectivity index (χ3n) is 2.83. The van der Waals surface area contributed by atoms with Gasteiger partial charge in [-0.15, -0.1) is 11.3 Å². The highest BCUT2D eigenvalue weighted by Gasteiger charge is 2.51. The van der Waals surface area contributed by atoms with Crippen molar-refractivity contribution in [1.29, 1.82) is 0 Å². The quantitative estimate of drug-likeness (QED) is 0.779.